The largest absolute Gasteiger partial charge is 0.352 e. The van der Waals surface area contributed by atoms with Crippen LogP contribution in [0.5, 0.6) is 0 Å². The third-order valence-electron chi connectivity index (χ3n) is 6.98. The summed E-state index contributed by atoms with van der Waals surface area (Å²) in [6.07, 6.45) is 9.51. The summed E-state index contributed by atoms with van der Waals surface area (Å²) < 4.78 is 28.1. The molecule has 2 N–H and O–H groups in total. The molecule has 3 aliphatic rings. The van der Waals surface area contributed by atoms with Crippen molar-refractivity contribution in [3.8, 4) is 0 Å². The Balaban J connectivity index is 0.00000289. The van der Waals surface area contributed by atoms with Crippen molar-refractivity contribution in [1.82, 2.24) is 19.8 Å². The van der Waals surface area contributed by atoms with Crippen LogP contribution in [0.1, 0.15) is 56.9 Å². The zero-order valence-electron chi connectivity index (χ0n) is 19.1. The van der Waals surface area contributed by atoms with E-state index in [1.807, 2.05) is 18.2 Å². The summed E-state index contributed by atoms with van der Waals surface area (Å²) in [6.45, 7) is 3.88. The molecule has 0 bridgehead atoms. The van der Waals surface area contributed by atoms with Crippen molar-refractivity contribution in [3.63, 3.8) is 0 Å². The van der Waals surface area contributed by atoms with Gasteiger partial charge in [-0.1, -0.05) is 37.5 Å². The summed E-state index contributed by atoms with van der Waals surface area (Å²) in [6, 6.07) is 8.48. The summed E-state index contributed by atoms with van der Waals surface area (Å²) in [4.78, 5) is 7.42. The van der Waals surface area contributed by atoms with E-state index in [2.05, 4.69) is 20.5 Å². The van der Waals surface area contributed by atoms with Crippen LogP contribution in [0.25, 0.3) is 0 Å². The van der Waals surface area contributed by atoms with Crippen LogP contribution in [-0.2, 0) is 16.6 Å². The zero-order valence-corrected chi connectivity index (χ0v) is 22.3. The molecule has 1 aromatic rings. The predicted molar refractivity (Wildman–Crippen MR) is 140 cm³/mol. The van der Waals surface area contributed by atoms with E-state index in [1.165, 1.54) is 25.7 Å². The number of benzene rings is 1. The average molecular weight is 576 g/mol. The predicted octanol–water partition coefficient (Wildman–Crippen LogP) is 3.16. The lowest BCUT2D eigenvalue weighted by molar-refractivity contribution is 0.242. The summed E-state index contributed by atoms with van der Waals surface area (Å²) in [5.74, 6) is 0.739. The maximum Gasteiger partial charge on any atom is 0.243 e. The molecule has 32 heavy (non-hydrogen) atoms. The molecule has 1 aliphatic carbocycles. The van der Waals surface area contributed by atoms with Gasteiger partial charge in [-0.25, -0.2) is 8.42 Å². The second kappa shape index (κ2) is 12.0. The van der Waals surface area contributed by atoms with Crippen LogP contribution in [0, 0.1) is 0 Å². The van der Waals surface area contributed by atoms with Gasteiger partial charge in [0.05, 0.1) is 4.90 Å². The average Bonchev–Trinajstić information content (AvgIpc) is 3.49. The molecule has 3 fully saturated rings. The lowest BCUT2D eigenvalue weighted by Gasteiger charge is -2.27. The molecule has 2 heterocycles. The minimum Gasteiger partial charge on any atom is -0.352 e. The minimum atomic E-state index is -3.46. The van der Waals surface area contributed by atoms with Gasteiger partial charge in [0.15, 0.2) is 5.96 Å². The molecule has 0 amide bonds. The smallest absolute Gasteiger partial charge is 0.243 e. The molecular formula is C23H38IN5O2S. The lowest BCUT2D eigenvalue weighted by Crippen LogP contribution is -2.45. The fourth-order valence-electron chi connectivity index (χ4n) is 5.22. The normalized spacial score (nSPS) is 23.8. The van der Waals surface area contributed by atoms with Crippen molar-refractivity contribution in [2.75, 3.05) is 33.2 Å². The number of nitrogens with zero attached hydrogens (tertiary/aromatic N) is 3. The molecule has 4 rings (SSSR count). The second-order valence-corrected chi connectivity index (χ2v) is 11.0. The Morgan fingerprint density at radius 2 is 1.75 bits per heavy atom. The van der Waals surface area contributed by atoms with Crippen molar-refractivity contribution in [1.29, 1.82) is 0 Å². The standard InChI is InChI=1S/C23H37N5O2S.HI/c1-24-23(26-20-13-16-27(18-20)21-10-4-5-11-21)25-17-19-9-3-6-12-22(19)31(29,30)28-14-7-2-8-15-28;/h3,6,9,12,20-21H,2,4-5,7-8,10-11,13-18H2,1H3,(H2,24,25,26);1H. The highest BCUT2D eigenvalue weighted by Gasteiger charge is 2.31. The molecule has 1 atom stereocenters. The number of rotatable bonds is 6. The van der Waals surface area contributed by atoms with Crippen molar-refractivity contribution in [3.05, 3.63) is 29.8 Å². The van der Waals surface area contributed by atoms with Gasteiger partial charge >= 0.3 is 0 Å². The van der Waals surface area contributed by atoms with Gasteiger partial charge in [-0.05, 0) is 43.7 Å². The van der Waals surface area contributed by atoms with Crippen LogP contribution >= 0.6 is 24.0 Å². The second-order valence-electron chi connectivity index (χ2n) is 9.06. The Bertz CT molecular complexity index is 867. The Morgan fingerprint density at radius 1 is 1.03 bits per heavy atom. The molecule has 7 nitrogen and oxygen atoms in total. The third-order valence-corrected chi connectivity index (χ3v) is 8.98. The number of aliphatic imine (C=N–C) groups is 1. The molecule has 0 aromatic heterocycles. The monoisotopic (exact) mass is 575 g/mol. The van der Waals surface area contributed by atoms with Gasteiger partial charge in [-0.2, -0.15) is 4.31 Å². The highest BCUT2D eigenvalue weighted by atomic mass is 127. The van der Waals surface area contributed by atoms with E-state index in [0.29, 0.717) is 30.6 Å². The molecule has 2 aliphatic heterocycles. The number of piperidine rings is 1. The number of hydrogen-bond donors (Lipinski definition) is 2. The van der Waals surface area contributed by atoms with Crippen LogP contribution in [0.3, 0.4) is 0 Å². The van der Waals surface area contributed by atoms with Gasteiger partial charge in [0.25, 0.3) is 0 Å². The number of nitrogens with one attached hydrogen (secondary N) is 2. The number of likely N-dealkylation sites (tertiary alicyclic amines) is 1. The summed E-state index contributed by atoms with van der Waals surface area (Å²) >= 11 is 0. The van der Waals surface area contributed by atoms with Gasteiger partial charge in [-0.3, -0.25) is 9.89 Å². The Labute approximate surface area is 210 Å². The fourth-order valence-corrected chi connectivity index (χ4v) is 6.96. The van der Waals surface area contributed by atoms with Crippen molar-refractivity contribution >= 4 is 40.0 Å². The lowest BCUT2D eigenvalue weighted by atomic mass is 10.2. The van der Waals surface area contributed by atoms with Crippen LogP contribution in [-0.4, -0.2) is 68.9 Å². The molecule has 0 spiro atoms. The summed E-state index contributed by atoms with van der Waals surface area (Å²) in [5, 5.41) is 6.90. The van der Waals surface area contributed by atoms with Crippen LogP contribution in [0.15, 0.2) is 34.2 Å². The van der Waals surface area contributed by atoms with Gasteiger partial charge in [0, 0.05) is 51.9 Å². The van der Waals surface area contributed by atoms with Gasteiger partial charge < -0.3 is 10.6 Å². The van der Waals surface area contributed by atoms with E-state index in [0.717, 1.165) is 56.3 Å². The molecule has 0 radical (unpaired) electrons. The first-order valence-electron chi connectivity index (χ1n) is 11.9. The van der Waals surface area contributed by atoms with Crippen molar-refractivity contribution in [2.24, 2.45) is 4.99 Å². The topological polar surface area (TPSA) is 77.0 Å². The van der Waals surface area contributed by atoms with E-state index in [1.54, 1.807) is 17.4 Å². The number of halogens is 1. The van der Waals surface area contributed by atoms with Crippen molar-refractivity contribution < 1.29 is 8.42 Å². The van der Waals surface area contributed by atoms with E-state index in [4.69, 9.17) is 0 Å². The Kier molecular flexibility index (Phi) is 9.63. The highest BCUT2D eigenvalue weighted by Crippen LogP contribution is 2.27. The van der Waals surface area contributed by atoms with Crippen LogP contribution in [0.2, 0.25) is 0 Å². The molecule has 2 saturated heterocycles. The van der Waals surface area contributed by atoms with E-state index < -0.39 is 10.0 Å². The minimum absolute atomic E-state index is 0. The number of sulfonamides is 1. The number of guanidine groups is 1. The first kappa shape index (κ1) is 25.7. The van der Waals surface area contributed by atoms with E-state index in [-0.39, 0.29) is 24.0 Å². The van der Waals surface area contributed by atoms with Gasteiger partial charge in [0.2, 0.25) is 10.0 Å². The third kappa shape index (κ3) is 6.15. The summed E-state index contributed by atoms with van der Waals surface area (Å²) in [5.41, 5.74) is 0.787. The maximum absolute atomic E-state index is 13.2. The quantitative estimate of drug-likeness (QED) is 0.310. The molecule has 9 heteroatoms. The zero-order chi connectivity index (χ0) is 21.7. The number of hydrogen-bond acceptors (Lipinski definition) is 4. The molecular weight excluding hydrogens is 537 g/mol. The van der Waals surface area contributed by atoms with Crippen LogP contribution in [0.4, 0.5) is 0 Å². The summed E-state index contributed by atoms with van der Waals surface area (Å²) in [7, 11) is -1.69. The van der Waals surface area contributed by atoms with Gasteiger partial charge in [-0.15, -0.1) is 24.0 Å². The van der Waals surface area contributed by atoms with E-state index in [9.17, 15) is 8.42 Å². The molecule has 1 aromatic carbocycles. The Hall–Kier alpha value is -0.910. The van der Waals surface area contributed by atoms with Gasteiger partial charge in [0.1, 0.15) is 0 Å². The van der Waals surface area contributed by atoms with Crippen LogP contribution < -0.4 is 10.6 Å². The maximum atomic E-state index is 13.2. The highest BCUT2D eigenvalue weighted by molar-refractivity contribution is 14.0. The molecule has 180 valence electrons. The first-order valence-corrected chi connectivity index (χ1v) is 13.3. The van der Waals surface area contributed by atoms with E-state index >= 15 is 0 Å². The molecule has 1 saturated carbocycles. The Morgan fingerprint density at radius 3 is 2.47 bits per heavy atom. The van der Waals surface area contributed by atoms with Crippen molar-refractivity contribution in [2.45, 2.75) is 74.9 Å². The molecule has 1 unspecified atom stereocenters. The first-order chi connectivity index (χ1) is 15.1. The fraction of sp³-hybridized carbons (Fsp3) is 0.696. The SMILES string of the molecule is CN=C(NCc1ccccc1S(=O)(=O)N1CCCCC1)NC1CCN(C2CCCC2)C1.I.